The van der Waals surface area contributed by atoms with Gasteiger partial charge in [-0.05, 0) is 31.2 Å². The maximum absolute atomic E-state index is 12.6. The molecule has 7 heteroatoms. The minimum Gasteiger partial charge on any atom is -0.453 e. The van der Waals surface area contributed by atoms with Crippen LogP contribution in [0.5, 0.6) is 0 Å². The number of nitrogens with zero attached hydrogens (tertiary/aromatic N) is 2. The molecule has 3 heterocycles. The molecule has 0 aliphatic rings. The quantitative estimate of drug-likeness (QED) is 0.327. The number of ether oxygens (including phenoxy) is 1. The summed E-state index contributed by atoms with van der Waals surface area (Å²) in [6.45, 7) is 1.60. The summed E-state index contributed by atoms with van der Waals surface area (Å²) in [6.07, 6.45) is 1.65. The van der Waals surface area contributed by atoms with Crippen molar-refractivity contribution in [1.29, 1.82) is 0 Å². The van der Waals surface area contributed by atoms with Gasteiger partial charge in [0.15, 0.2) is 6.61 Å². The van der Waals surface area contributed by atoms with E-state index in [-0.39, 0.29) is 12.4 Å². The van der Waals surface area contributed by atoms with Crippen molar-refractivity contribution in [2.45, 2.75) is 6.92 Å². The van der Waals surface area contributed by atoms with Crippen LogP contribution in [0.1, 0.15) is 25.7 Å². The lowest BCUT2D eigenvalue weighted by atomic mass is 10.1. The van der Waals surface area contributed by atoms with Crippen molar-refractivity contribution in [2.75, 3.05) is 6.61 Å². The van der Waals surface area contributed by atoms with E-state index in [4.69, 9.17) is 4.74 Å². The molecule has 148 valence electrons. The second-order valence-corrected chi connectivity index (χ2v) is 7.94. The fourth-order valence-electron chi connectivity index (χ4n) is 3.47. The average molecular weight is 415 g/mol. The standard InChI is InChI=1S/C23H17N3O3S/c1-14-17-11-21(30-22(17)26(25-14)15-7-3-2-4-8-15)23(28)29-13-20(27)18-12-24-19-10-6-5-9-16(18)19/h2-12,24H,13H2,1H3. The number of aryl methyl sites for hydroxylation is 1. The summed E-state index contributed by atoms with van der Waals surface area (Å²) >= 11 is 1.31. The third-order valence-electron chi connectivity index (χ3n) is 4.97. The maximum atomic E-state index is 12.6. The molecular formula is C23H17N3O3S. The monoisotopic (exact) mass is 415 g/mol. The minimum absolute atomic E-state index is 0.242. The number of ketones is 1. The van der Waals surface area contributed by atoms with Crippen LogP contribution in [0.2, 0.25) is 0 Å². The molecule has 0 atom stereocenters. The summed E-state index contributed by atoms with van der Waals surface area (Å²) < 4.78 is 7.15. The Morgan fingerprint density at radius 3 is 2.67 bits per heavy atom. The molecule has 2 aromatic carbocycles. The lowest BCUT2D eigenvalue weighted by Crippen LogP contribution is -2.13. The van der Waals surface area contributed by atoms with Crippen molar-refractivity contribution in [1.82, 2.24) is 14.8 Å². The third kappa shape index (κ3) is 3.09. The second-order valence-electron chi connectivity index (χ2n) is 6.91. The molecule has 0 amide bonds. The SMILES string of the molecule is Cc1nn(-c2ccccc2)c2sc(C(=O)OCC(=O)c3c[nH]c4ccccc34)cc12. The predicted molar refractivity (Wildman–Crippen MR) is 117 cm³/mol. The summed E-state index contributed by atoms with van der Waals surface area (Å²) in [7, 11) is 0. The zero-order chi connectivity index (χ0) is 20.7. The van der Waals surface area contributed by atoms with Gasteiger partial charge in [0.2, 0.25) is 5.78 Å². The van der Waals surface area contributed by atoms with Gasteiger partial charge in [0, 0.05) is 28.0 Å². The fourth-order valence-corrected chi connectivity index (χ4v) is 4.55. The van der Waals surface area contributed by atoms with E-state index in [0.29, 0.717) is 10.4 Å². The zero-order valence-electron chi connectivity index (χ0n) is 16.1. The molecule has 0 fully saturated rings. The smallest absolute Gasteiger partial charge is 0.348 e. The van der Waals surface area contributed by atoms with E-state index in [2.05, 4.69) is 10.1 Å². The number of carbonyl (C=O) groups is 2. The van der Waals surface area contributed by atoms with Crippen LogP contribution in [-0.4, -0.2) is 33.1 Å². The average Bonchev–Trinajstić information content (AvgIpc) is 3.47. The number of carbonyl (C=O) groups excluding carboxylic acids is 2. The topological polar surface area (TPSA) is 77.0 Å². The number of fused-ring (bicyclic) bond motifs is 2. The fraction of sp³-hybridized carbons (Fsp3) is 0.0870. The van der Waals surface area contributed by atoms with E-state index < -0.39 is 5.97 Å². The Bertz CT molecular complexity index is 1400. The van der Waals surface area contributed by atoms with Gasteiger partial charge in [-0.2, -0.15) is 5.10 Å². The highest BCUT2D eigenvalue weighted by molar-refractivity contribution is 7.20. The Labute approximate surface area is 175 Å². The first-order valence-electron chi connectivity index (χ1n) is 9.43. The van der Waals surface area contributed by atoms with Crippen LogP contribution in [0.3, 0.4) is 0 Å². The van der Waals surface area contributed by atoms with E-state index >= 15 is 0 Å². The Morgan fingerprint density at radius 1 is 1.07 bits per heavy atom. The third-order valence-corrected chi connectivity index (χ3v) is 6.06. The first-order chi connectivity index (χ1) is 14.6. The lowest BCUT2D eigenvalue weighted by molar-refractivity contribution is 0.0480. The number of thiophene rings is 1. The number of Topliss-reactive ketones (excluding diaryl/α,β-unsaturated/α-hetero) is 1. The minimum atomic E-state index is -0.511. The van der Waals surface area contributed by atoms with Crippen LogP contribution < -0.4 is 0 Å². The van der Waals surface area contributed by atoms with E-state index in [9.17, 15) is 9.59 Å². The van der Waals surface area contributed by atoms with Crippen LogP contribution in [0.15, 0.2) is 66.9 Å². The van der Waals surface area contributed by atoms with Crippen molar-refractivity contribution in [3.8, 4) is 5.69 Å². The lowest BCUT2D eigenvalue weighted by Gasteiger charge is -2.03. The molecule has 0 aliphatic heterocycles. The highest BCUT2D eigenvalue weighted by Gasteiger charge is 2.20. The van der Waals surface area contributed by atoms with Gasteiger partial charge in [0.1, 0.15) is 9.71 Å². The van der Waals surface area contributed by atoms with Crippen molar-refractivity contribution < 1.29 is 14.3 Å². The van der Waals surface area contributed by atoms with E-state index in [0.717, 1.165) is 32.5 Å². The van der Waals surface area contributed by atoms with E-state index in [1.54, 1.807) is 12.3 Å². The summed E-state index contributed by atoms with van der Waals surface area (Å²) in [4.78, 5) is 29.5. The van der Waals surface area contributed by atoms with Crippen LogP contribution in [0, 0.1) is 6.92 Å². The predicted octanol–water partition coefficient (Wildman–Crippen LogP) is 4.92. The molecule has 6 nitrogen and oxygen atoms in total. The van der Waals surface area contributed by atoms with Gasteiger partial charge < -0.3 is 9.72 Å². The number of esters is 1. The number of para-hydroxylation sites is 2. The van der Waals surface area contributed by atoms with Gasteiger partial charge in [0.25, 0.3) is 0 Å². The molecule has 0 saturated carbocycles. The summed E-state index contributed by atoms with van der Waals surface area (Å²) in [5, 5.41) is 6.29. The van der Waals surface area contributed by atoms with Crippen LogP contribution in [-0.2, 0) is 4.74 Å². The molecule has 5 rings (SSSR count). The second kappa shape index (κ2) is 7.27. The Hall–Kier alpha value is -3.71. The highest BCUT2D eigenvalue weighted by Crippen LogP contribution is 2.31. The van der Waals surface area contributed by atoms with E-state index in [1.807, 2.05) is 66.2 Å². The van der Waals surface area contributed by atoms with Crippen molar-refractivity contribution in [2.24, 2.45) is 0 Å². The number of nitrogens with one attached hydrogen (secondary N) is 1. The molecule has 0 saturated heterocycles. The number of hydrogen-bond donors (Lipinski definition) is 1. The van der Waals surface area contributed by atoms with Crippen LogP contribution in [0.25, 0.3) is 26.8 Å². The van der Waals surface area contributed by atoms with Gasteiger partial charge in [-0.3, -0.25) is 4.79 Å². The summed E-state index contributed by atoms with van der Waals surface area (Å²) in [5.74, 6) is -0.753. The first-order valence-corrected chi connectivity index (χ1v) is 10.2. The van der Waals surface area contributed by atoms with Crippen molar-refractivity contribution in [3.63, 3.8) is 0 Å². The summed E-state index contributed by atoms with van der Waals surface area (Å²) in [6, 6.07) is 19.1. The van der Waals surface area contributed by atoms with Crippen LogP contribution >= 0.6 is 11.3 Å². The molecule has 0 radical (unpaired) electrons. The molecular weight excluding hydrogens is 398 g/mol. The highest BCUT2D eigenvalue weighted by atomic mass is 32.1. The molecule has 0 bridgehead atoms. The van der Waals surface area contributed by atoms with Crippen molar-refractivity contribution in [3.05, 3.63) is 83.0 Å². The molecule has 0 unspecified atom stereocenters. The number of rotatable bonds is 5. The molecule has 0 spiro atoms. The zero-order valence-corrected chi connectivity index (χ0v) is 16.9. The maximum Gasteiger partial charge on any atom is 0.348 e. The normalized spacial score (nSPS) is 11.2. The molecule has 0 aliphatic carbocycles. The molecule has 5 aromatic rings. The van der Waals surface area contributed by atoms with Gasteiger partial charge in [-0.1, -0.05) is 36.4 Å². The number of benzene rings is 2. The molecule has 1 N–H and O–H groups in total. The number of aromatic nitrogens is 3. The molecule has 30 heavy (non-hydrogen) atoms. The van der Waals surface area contributed by atoms with Crippen molar-refractivity contribution >= 4 is 44.2 Å². The van der Waals surface area contributed by atoms with Crippen LogP contribution in [0.4, 0.5) is 0 Å². The number of H-pyrrole nitrogens is 1. The van der Waals surface area contributed by atoms with Gasteiger partial charge in [-0.25, -0.2) is 9.48 Å². The Morgan fingerprint density at radius 2 is 1.83 bits per heavy atom. The van der Waals surface area contributed by atoms with Gasteiger partial charge >= 0.3 is 5.97 Å². The van der Waals surface area contributed by atoms with Gasteiger partial charge in [0.05, 0.1) is 11.4 Å². The Balaban J connectivity index is 1.37. The van der Waals surface area contributed by atoms with Gasteiger partial charge in [-0.15, -0.1) is 11.3 Å². The largest absolute Gasteiger partial charge is 0.453 e. The summed E-state index contributed by atoms with van der Waals surface area (Å²) in [5.41, 5.74) is 3.15. The number of aromatic amines is 1. The first kappa shape index (κ1) is 18.3. The van der Waals surface area contributed by atoms with E-state index in [1.165, 1.54) is 11.3 Å². The Kier molecular flexibility index (Phi) is 4.44. The number of hydrogen-bond acceptors (Lipinski definition) is 5. The molecule has 3 aromatic heterocycles.